The molecular weight excluding hydrogens is 282 g/mol. The second-order valence-corrected chi connectivity index (χ2v) is 5.66. The zero-order valence-corrected chi connectivity index (χ0v) is 13.4. The van der Waals surface area contributed by atoms with Crippen LogP contribution in [0.15, 0.2) is 48.5 Å². The molecular formula is C18H22ClNO. The van der Waals surface area contributed by atoms with Crippen molar-refractivity contribution in [3.8, 4) is 5.75 Å². The number of hydrogen-bond donors (Lipinski definition) is 1. The van der Waals surface area contributed by atoms with Crippen LogP contribution in [0.1, 0.15) is 25.0 Å². The average Bonchev–Trinajstić information content (AvgIpc) is 2.47. The van der Waals surface area contributed by atoms with Crippen molar-refractivity contribution in [3.05, 3.63) is 64.7 Å². The number of rotatable bonds is 7. The van der Waals surface area contributed by atoms with Gasteiger partial charge in [-0.15, -0.1) is 0 Å². The van der Waals surface area contributed by atoms with Crippen molar-refractivity contribution in [2.24, 2.45) is 0 Å². The number of benzene rings is 2. The standard InChI is InChI=1S/C18H22ClNO/c1-3-20-14(2)11-15-7-9-18(10-8-15)21-13-16-5-4-6-17(19)12-16/h4-10,12,14,20H,3,11,13H2,1-2H3. The lowest BCUT2D eigenvalue weighted by molar-refractivity contribution is 0.306. The van der Waals surface area contributed by atoms with Gasteiger partial charge in [0, 0.05) is 11.1 Å². The molecule has 0 aliphatic heterocycles. The molecule has 2 nitrogen and oxygen atoms in total. The number of hydrogen-bond acceptors (Lipinski definition) is 2. The van der Waals surface area contributed by atoms with E-state index in [1.165, 1.54) is 5.56 Å². The van der Waals surface area contributed by atoms with E-state index in [-0.39, 0.29) is 0 Å². The van der Waals surface area contributed by atoms with Crippen molar-refractivity contribution in [2.45, 2.75) is 32.9 Å². The smallest absolute Gasteiger partial charge is 0.119 e. The molecule has 0 amide bonds. The molecule has 2 aromatic rings. The summed E-state index contributed by atoms with van der Waals surface area (Å²) in [6.45, 7) is 5.87. The molecule has 0 saturated carbocycles. The van der Waals surface area contributed by atoms with Crippen molar-refractivity contribution < 1.29 is 4.74 Å². The van der Waals surface area contributed by atoms with Crippen LogP contribution in [0.3, 0.4) is 0 Å². The predicted octanol–water partition coefficient (Wildman–Crippen LogP) is 4.46. The Balaban J connectivity index is 1.87. The van der Waals surface area contributed by atoms with E-state index in [0.29, 0.717) is 12.6 Å². The van der Waals surface area contributed by atoms with Crippen LogP contribution < -0.4 is 10.1 Å². The summed E-state index contributed by atoms with van der Waals surface area (Å²) < 4.78 is 5.78. The monoisotopic (exact) mass is 303 g/mol. The lowest BCUT2D eigenvalue weighted by Crippen LogP contribution is -2.27. The number of halogens is 1. The highest BCUT2D eigenvalue weighted by Crippen LogP contribution is 2.17. The van der Waals surface area contributed by atoms with Gasteiger partial charge in [-0.2, -0.15) is 0 Å². The molecule has 0 radical (unpaired) electrons. The van der Waals surface area contributed by atoms with E-state index in [1.54, 1.807) is 0 Å². The fourth-order valence-electron chi connectivity index (χ4n) is 2.29. The fraction of sp³-hybridized carbons (Fsp3) is 0.333. The first-order chi connectivity index (χ1) is 10.2. The zero-order chi connectivity index (χ0) is 15.1. The van der Waals surface area contributed by atoms with Crippen molar-refractivity contribution in [1.29, 1.82) is 0 Å². The van der Waals surface area contributed by atoms with Crippen LogP contribution in [0.2, 0.25) is 5.02 Å². The number of nitrogens with one attached hydrogen (secondary N) is 1. The van der Waals surface area contributed by atoms with Crippen LogP contribution in [0.5, 0.6) is 5.75 Å². The van der Waals surface area contributed by atoms with E-state index < -0.39 is 0 Å². The molecule has 1 unspecified atom stereocenters. The molecule has 0 aromatic heterocycles. The number of ether oxygens (including phenoxy) is 1. The van der Waals surface area contributed by atoms with E-state index in [2.05, 4.69) is 31.3 Å². The Labute approximate surface area is 132 Å². The van der Waals surface area contributed by atoms with Gasteiger partial charge in [0.05, 0.1) is 0 Å². The summed E-state index contributed by atoms with van der Waals surface area (Å²) in [6, 6.07) is 16.5. The SMILES string of the molecule is CCNC(C)Cc1ccc(OCc2cccc(Cl)c2)cc1. The summed E-state index contributed by atoms with van der Waals surface area (Å²) >= 11 is 5.96. The van der Waals surface area contributed by atoms with E-state index in [9.17, 15) is 0 Å². The maximum absolute atomic E-state index is 5.96. The van der Waals surface area contributed by atoms with Gasteiger partial charge in [0.15, 0.2) is 0 Å². The molecule has 21 heavy (non-hydrogen) atoms. The second-order valence-electron chi connectivity index (χ2n) is 5.23. The van der Waals surface area contributed by atoms with E-state index in [4.69, 9.17) is 16.3 Å². The molecule has 1 N–H and O–H groups in total. The first-order valence-corrected chi connectivity index (χ1v) is 7.74. The van der Waals surface area contributed by atoms with Gasteiger partial charge in [0.1, 0.15) is 12.4 Å². The van der Waals surface area contributed by atoms with Crippen LogP contribution >= 0.6 is 11.6 Å². The van der Waals surface area contributed by atoms with Gasteiger partial charge in [-0.05, 0) is 55.3 Å². The molecule has 0 bridgehead atoms. The zero-order valence-electron chi connectivity index (χ0n) is 12.6. The van der Waals surface area contributed by atoms with Gasteiger partial charge in [0.25, 0.3) is 0 Å². The van der Waals surface area contributed by atoms with Crippen molar-refractivity contribution in [2.75, 3.05) is 6.54 Å². The molecule has 0 saturated heterocycles. The lowest BCUT2D eigenvalue weighted by atomic mass is 10.1. The molecule has 0 aliphatic carbocycles. The summed E-state index contributed by atoms with van der Waals surface area (Å²) in [5.41, 5.74) is 2.39. The summed E-state index contributed by atoms with van der Waals surface area (Å²) in [6.07, 6.45) is 1.03. The van der Waals surface area contributed by atoms with Crippen molar-refractivity contribution in [1.82, 2.24) is 5.32 Å². The van der Waals surface area contributed by atoms with Crippen molar-refractivity contribution in [3.63, 3.8) is 0 Å². The van der Waals surface area contributed by atoms with Gasteiger partial charge >= 0.3 is 0 Å². The van der Waals surface area contributed by atoms with E-state index in [0.717, 1.165) is 29.3 Å². The van der Waals surface area contributed by atoms with Gasteiger partial charge in [-0.25, -0.2) is 0 Å². The summed E-state index contributed by atoms with van der Waals surface area (Å²) in [5.74, 6) is 0.884. The molecule has 0 spiro atoms. The maximum Gasteiger partial charge on any atom is 0.119 e. The first kappa shape index (κ1) is 15.9. The molecule has 3 heteroatoms. The van der Waals surface area contributed by atoms with Gasteiger partial charge < -0.3 is 10.1 Å². The quantitative estimate of drug-likeness (QED) is 0.815. The first-order valence-electron chi connectivity index (χ1n) is 7.37. The van der Waals surface area contributed by atoms with Gasteiger partial charge in [0.2, 0.25) is 0 Å². The fourth-order valence-corrected chi connectivity index (χ4v) is 2.50. The summed E-state index contributed by atoms with van der Waals surface area (Å²) in [5, 5.41) is 4.16. The highest BCUT2D eigenvalue weighted by Gasteiger charge is 2.02. The van der Waals surface area contributed by atoms with Crippen LogP contribution in [0, 0.1) is 0 Å². The Kier molecular flexibility index (Phi) is 6.09. The van der Waals surface area contributed by atoms with Crippen LogP contribution in [0.4, 0.5) is 0 Å². The molecule has 0 heterocycles. The molecule has 0 aliphatic rings. The lowest BCUT2D eigenvalue weighted by Gasteiger charge is -2.12. The van der Waals surface area contributed by atoms with Gasteiger partial charge in [-0.3, -0.25) is 0 Å². The predicted molar refractivity (Wildman–Crippen MR) is 89.1 cm³/mol. The summed E-state index contributed by atoms with van der Waals surface area (Å²) in [4.78, 5) is 0. The normalized spacial score (nSPS) is 12.1. The van der Waals surface area contributed by atoms with Gasteiger partial charge in [-0.1, -0.05) is 42.8 Å². The van der Waals surface area contributed by atoms with Crippen LogP contribution in [0.25, 0.3) is 0 Å². The van der Waals surface area contributed by atoms with E-state index >= 15 is 0 Å². The number of likely N-dealkylation sites (N-methyl/N-ethyl adjacent to an activating group) is 1. The minimum atomic E-state index is 0.494. The minimum Gasteiger partial charge on any atom is -0.489 e. The molecule has 112 valence electrons. The molecule has 0 fully saturated rings. The molecule has 2 aromatic carbocycles. The Morgan fingerprint density at radius 2 is 1.86 bits per heavy atom. The largest absolute Gasteiger partial charge is 0.489 e. The average molecular weight is 304 g/mol. The third kappa shape index (κ3) is 5.41. The van der Waals surface area contributed by atoms with Crippen molar-refractivity contribution >= 4 is 11.6 Å². The summed E-state index contributed by atoms with van der Waals surface area (Å²) in [7, 11) is 0. The Bertz CT molecular complexity index is 553. The Hall–Kier alpha value is -1.51. The molecule has 2 rings (SSSR count). The Morgan fingerprint density at radius 1 is 1.10 bits per heavy atom. The Morgan fingerprint density at radius 3 is 2.52 bits per heavy atom. The minimum absolute atomic E-state index is 0.494. The maximum atomic E-state index is 5.96. The van der Waals surface area contributed by atoms with Crippen LogP contribution in [-0.4, -0.2) is 12.6 Å². The third-order valence-electron chi connectivity index (χ3n) is 3.31. The second kappa shape index (κ2) is 8.06. The van der Waals surface area contributed by atoms with E-state index in [1.807, 2.05) is 36.4 Å². The molecule has 1 atom stereocenters. The topological polar surface area (TPSA) is 21.3 Å². The highest BCUT2D eigenvalue weighted by atomic mass is 35.5. The van der Waals surface area contributed by atoms with Crippen LogP contribution in [-0.2, 0) is 13.0 Å². The third-order valence-corrected chi connectivity index (χ3v) is 3.55. The highest BCUT2D eigenvalue weighted by molar-refractivity contribution is 6.30.